The first-order valence-electron chi connectivity index (χ1n) is 9.70. The van der Waals surface area contributed by atoms with Gasteiger partial charge in [-0.3, -0.25) is 24.3 Å². The van der Waals surface area contributed by atoms with Gasteiger partial charge in [-0.15, -0.1) is 0 Å². The van der Waals surface area contributed by atoms with Crippen LogP contribution in [0.2, 0.25) is 0 Å². The average molecular weight is 420 g/mol. The lowest BCUT2D eigenvalue weighted by atomic mass is 10.1. The summed E-state index contributed by atoms with van der Waals surface area (Å²) in [4.78, 5) is 40.9. The van der Waals surface area contributed by atoms with Gasteiger partial charge in [0, 0.05) is 29.6 Å². The highest BCUT2D eigenvalue weighted by molar-refractivity contribution is 5.97. The third-order valence-corrected chi connectivity index (χ3v) is 5.37. The first-order valence-corrected chi connectivity index (χ1v) is 9.70. The molecule has 10 heteroatoms. The Morgan fingerprint density at radius 1 is 1.23 bits per heavy atom. The van der Waals surface area contributed by atoms with Crippen LogP contribution in [0, 0.1) is 24.0 Å². The van der Waals surface area contributed by atoms with E-state index in [0.717, 1.165) is 17.9 Å². The lowest BCUT2D eigenvalue weighted by molar-refractivity contribution is -0.384. The van der Waals surface area contributed by atoms with Crippen LogP contribution in [0.25, 0.3) is 16.7 Å². The second kappa shape index (κ2) is 7.63. The number of aromatic nitrogens is 5. The minimum atomic E-state index is -0.518. The number of hydrogen-bond donors (Lipinski definition) is 0. The Hall–Kier alpha value is -4.08. The second-order valence-corrected chi connectivity index (χ2v) is 7.17. The molecule has 0 saturated heterocycles. The molecule has 0 atom stereocenters. The summed E-state index contributed by atoms with van der Waals surface area (Å²) in [5, 5.41) is 15.7. The molecule has 4 aromatic rings. The van der Waals surface area contributed by atoms with Crippen LogP contribution in [0.1, 0.15) is 28.7 Å². The monoisotopic (exact) mass is 420 g/mol. The fourth-order valence-electron chi connectivity index (χ4n) is 3.85. The van der Waals surface area contributed by atoms with E-state index in [1.807, 2.05) is 31.4 Å². The van der Waals surface area contributed by atoms with Gasteiger partial charge in [-0.2, -0.15) is 5.10 Å². The predicted molar refractivity (Wildman–Crippen MR) is 114 cm³/mol. The fourth-order valence-corrected chi connectivity index (χ4v) is 3.85. The van der Waals surface area contributed by atoms with E-state index >= 15 is 0 Å². The molecule has 1 aromatic carbocycles. The van der Waals surface area contributed by atoms with Crippen LogP contribution in [0.4, 0.5) is 5.69 Å². The second-order valence-electron chi connectivity index (χ2n) is 7.17. The summed E-state index contributed by atoms with van der Waals surface area (Å²) in [5.74, 6) is -0.192. The molecule has 3 aromatic heterocycles. The van der Waals surface area contributed by atoms with Crippen LogP contribution < -0.4 is 5.56 Å². The van der Waals surface area contributed by atoms with Gasteiger partial charge in [0.1, 0.15) is 17.4 Å². The number of nitro benzene ring substituents is 1. The van der Waals surface area contributed by atoms with Gasteiger partial charge in [-0.05, 0) is 32.9 Å². The number of aryl methyl sites for hydroxylation is 1. The smallest absolute Gasteiger partial charge is 0.294 e. The summed E-state index contributed by atoms with van der Waals surface area (Å²) in [5.41, 5.74) is 2.21. The summed E-state index contributed by atoms with van der Waals surface area (Å²) in [6, 6.07) is 7.91. The Kier molecular flexibility index (Phi) is 4.97. The van der Waals surface area contributed by atoms with Gasteiger partial charge in [0.2, 0.25) is 0 Å². The van der Waals surface area contributed by atoms with E-state index in [1.54, 1.807) is 12.1 Å². The topological polar surface area (TPSA) is 118 Å². The number of ketones is 1. The number of carbonyl (C=O) groups excluding carboxylic acids is 1. The maximum absolute atomic E-state index is 13.0. The van der Waals surface area contributed by atoms with Gasteiger partial charge in [0.05, 0.1) is 17.7 Å². The molecule has 0 amide bonds. The Labute approximate surface area is 176 Å². The lowest BCUT2D eigenvalue weighted by Crippen LogP contribution is -2.25. The zero-order valence-electron chi connectivity index (χ0n) is 17.3. The van der Waals surface area contributed by atoms with Crippen LogP contribution in [-0.4, -0.2) is 34.6 Å². The molecule has 0 unspecified atom stereocenters. The summed E-state index contributed by atoms with van der Waals surface area (Å²) in [7, 11) is 0. The van der Waals surface area contributed by atoms with Crippen LogP contribution in [-0.2, 0) is 13.1 Å². The van der Waals surface area contributed by atoms with Gasteiger partial charge >= 0.3 is 0 Å². The van der Waals surface area contributed by atoms with Crippen molar-refractivity contribution in [2.24, 2.45) is 0 Å². The quantitative estimate of drug-likeness (QED) is 0.269. The van der Waals surface area contributed by atoms with E-state index in [0.29, 0.717) is 5.56 Å². The Morgan fingerprint density at radius 2 is 1.97 bits per heavy atom. The first kappa shape index (κ1) is 20.2. The molecule has 0 aliphatic heterocycles. The Balaban J connectivity index is 1.73. The fraction of sp³-hybridized carbons (Fsp3) is 0.238. The van der Waals surface area contributed by atoms with Gasteiger partial charge in [0.15, 0.2) is 11.4 Å². The zero-order valence-corrected chi connectivity index (χ0v) is 17.3. The van der Waals surface area contributed by atoms with Gasteiger partial charge in [-0.25, -0.2) is 9.67 Å². The van der Waals surface area contributed by atoms with Gasteiger partial charge in [-0.1, -0.05) is 12.1 Å². The standard InChI is InChI=1S/C21H20N6O4/c1-4-25-13(2)9-15(14(25)3)19(28)11-24-12-22-20-16(21(24)29)10-23-26(20)17-7-5-6-8-18(17)27(30)31/h5-10,12H,4,11H2,1-3H3. The number of benzene rings is 1. The maximum atomic E-state index is 13.0. The molecule has 0 bridgehead atoms. The molecule has 0 spiro atoms. The molecule has 0 aliphatic rings. The van der Waals surface area contributed by atoms with Crippen molar-refractivity contribution < 1.29 is 9.72 Å². The molecule has 0 saturated carbocycles. The van der Waals surface area contributed by atoms with Crippen LogP contribution in [0.5, 0.6) is 0 Å². The van der Waals surface area contributed by atoms with Crippen LogP contribution in [0.3, 0.4) is 0 Å². The number of carbonyl (C=O) groups is 1. The average Bonchev–Trinajstić information content (AvgIpc) is 3.30. The number of para-hydroxylation sites is 2. The largest absolute Gasteiger partial charge is 0.349 e. The molecular weight excluding hydrogens is 400 g/mol. The van der Waals surface area contributed by atoms with Crippen molar-refractivity contribution in [3.63, 3.8) is 0 Å². The van der Waals surface area contributed by atoms with E-state index in [-0.39, 0.29) is 34.7 Å². The zero-order chi connectivity index (χ0) is 22.3. The molecule has 0 N–H and O–H groups in total. The summed E-state index contributed by atoms with van der Waals surface area (Å²) < 4.78 is 4.53. The normalized spacial score (nSPS) is 11.2. The van der Waals surface area contributed by atoms with Crippen LogP contribution in [0.15, 0.2) is 47.7 Å². The van der Waals surface area contributed by atoms with Crippen molar-refractivity contribution in [3.8, 4) is 5.69 Å². The minimum Gasteiger partial charge on any atom is -0.349 e. The number of Topliss-reactive ketones (excluding diaryl/α,β-unsaturated/α-hetero) is 1. The first-order chi connectivity index (χ1) is 14.8. The molecule has 3 heterocycles. The van der Waals surface area contributed by atoms with E-state index in [4.69, 9.17) is 0 Å². The lowest BCUT2D eigenvalue weighted by Gasteiger charge is -2.07. The maximum Gasteiger partial charge on any atom is 0.294 e. The Bertz CT molecular complexity index is 1390. The van der Waals surface area contributed by atoms with Crippen molar-refractivity contribution >= 4 is 22.5 Å². The summed E-state index contributed by atoms with van der Waals surface area (Å²) in [6.45, 7) is 6.41. The number of nitro groups is 1. The van der Waals surface area contributed by atoms with Gasteiger partial charge < -0.3 is 4.57 Å². The number of fused-ring (bicyclic) bond motifs is 1. The number of hydrogen-bond acceptors (Lipinski definition) is 6. The van der Waals surface area contributed by atoms with Crippen molar-refractivity contribution in [2.45, 2.75) is 33.9 Å². The van der Waals surface area contributed by atoms with Crippen molar-refractivity contribution in [3.05, 3.63) is 80.3 Å². The van der Waals surface area contributed by atoms with Crippen molar-refractivity contribution in [1.29, 1.82) is 0 Å². The van der Waals surface area contributed by atoms with E-state index in [1.165, 1.54) is 33.9 Å². The van der Waals surface area contributed by atoms with Gasteiger partial charge in [0.25, 0.3) is 11.2 Å². The summed E-state index contributed by atoms with van der Waals surface area (Å²) >= 11 is 0. The number of rotatable bonds is 6. The van der Waals surface area contributed by atoms with E-state index < -0.39 is 10.5 Å². The molecule has 4 rings (SSSR count). The highest BCUT2D eigenvalue weighted by Gasteiger charge is 2.20. The van der Waals surface area contributed by atoms with Crippen molar-refractivity contribution in [1.82, 2.24) is 23.9 Å². The SMILES string of the molecule is CCn1c(C)cc(C(=O)Cn2cnc3c(cnn3-c3ccccc3[N+](=O)[O-])c2=O)c1C. The highest BCUT2D eigenvalue weighted by atomic mass is 16.6. The predicted octanol–water partition coefficient (Wildman–Crippen LogP) is 2.81. The molecule has 10 nitrogen and oxygen atoms in total. The number of nitrogens with zero attached hydrogens (tertiary/aromatic N) is 6. The minimum absolute atomic E-state index is 0.153. The van der Waals surface area contributed by atoms with E-state index in [2.05, 4.69) is 10.1 Å². The van der Waals surface area contributed by atoms with Crippen LogP contribution >= 0.6 is 0 Å². The molecule has 0 aliphatic carbocycles. The summed E-state index contributed by atoms with van der Waals surface area (Å²) in [6.07, 6.45) is 2.58. The highest BCUT2D eigenvalue weighted by Crippen LogP contribution is 2.24. The third kappa shape index (κ3) is 3.31. The molecular formula is C21H20N6O4. The van der Waals surface area contributed by atoms with E-state index in [9.17, 15) is 19.7 Å². The molecule has 31 heavy (non-hydrogen) atoms. The van der Waals surface area contributed by atoms with Crippen molar-refractivity contribution in [2.75, 3.05) is 0 Å². The molecule has 158 valence electrons. The molecule has 0 fully saturated rings. The molecule has 0 radical (unpaired) electrons. The third-order valence-electron chi connectivity index (χ3n) is 5.37. The Morgan fingerprint density at radius 3 is 2.65 bits per heavy atom.